The Morgan fingerprint density at radius 3 is 2.47 bits per heavy atom. The molecule has 2 N–H and O–H groups in total. The number of para-hydroxylation sites is 1. The molecule has 1 aromatic heterocycles. The van der Waals surface area contributed by atoms with Gasteiger partial charge < -0.3 is 20.3 Å². The van der Waals surface area contributed by atoms with Crippen molar-refractivity contribution < 1.29 is 19.1 Å². The van der Waals surface area contributed by atoms with Gasteiger partial charge in [0.2, 0.25) is 5.91 Å². The number of nitrogens with zero attached hydrogens (tertiary/aromatic N) is 2. The highest BCUT2D eigenvalue weighted by molar-refractivity contribution is 7.18. The lowest BCUT2D eigenvalue weighted by Crippen LogP contribution is -2.48. The number of benzene rings is 1. The average molecular weight is 479 g/mol. The van der Waals surface area contributed by atoms with Gasteiger partial charge in [0.15, 0.2) is 0 Å². The van der Waals surface area contributed by atoms with Crippen LogP contribution in [0.25, 0.3) is 0 Å². The summed E-state index contributed by atoms with van der Waals surface area (Å²) in [5.74, 6) is -1.11. The van der Waals surface area contributed by atoms with Gasteiger partial charge in [0.05, 0.1) is 34.3 Å². The minimum absolute atomic E-state index is 0.185. The fourth-order valence-corrected chi connectivity index (χ4v) is 5.02. The zero-order valence-electron chi connectivity index (χ0n) is 18.4. The van der Waals surface area contributed by atoms with E-state index >= 15 is 0 Å². The van der Waals surface area contributed by atoms with Crippen molar-refractivity contribution in [2.24, 2.45) is 0 Å². The van der Waals surface area contributed by atoms with Crippen LogP contribution in [0.5, 0.6) is 0 Å². The fourth-order valence-electron chi connectivity index (χ4n) is 3.61. The van der Waals surface area contributed by atoms with Crippen molar-refractivity contribution in [3.63, 3.8) is 0 Å². The van der Waals surface area contributed by atoms with Crippen molar-refractivity contribution in [3.8, 4) is 0 Å². The quantitative estimate of drug-likeness (QED) is 0.594. The maximum Gasteiger partial charge on any atom is 0.341 e. The molecule has 0 atom stereocenters. The SMILES string of the molecule is CCOC(=O)c1c(NC(=O)CN2CCN(c3ccccc3Cl)CC2)sc(C(=O)NC)c1C. The molecule has 172 valence electrons. The lowest BCUT2D eigenvalue weighted by molar-refractivity contribution is -0.117. The molecule has 0 saturated carbocycles. The minimum Gasteiger partial charge on any atom is -0.462 e. The Morgan fingerprint density at radius 1 is 1.16 bits per heavy atom. The molecule has 1 aliphatic heterocycles. The molecule has 0 radical (unpaired) electrons. The van der Waals surface area contributed by atoms with Crippen molar-refractivity contribution >= 4 is 51.4 Å². The van der Waals surface area contributed by atoms with E-state index in [-0.39, 0.29) is 30.5 Å². The van der Waals surface area contributed by atoms with Crippen LogP contribution in [0.15, 0.2) is 24.3 Å². The number of hydrogen-bond donors (Lipinski definition) is 2. The van der Waals surface area contributed by atoms with Crippen molar-refractivity contribution in [1.82, 2.24) is 10.2 Å². The highest BCUT2D eigenvalue weighted by atomic mass is 35.5. The van der Waals surface area contributed by atoms with Crippen molar-refractivity contribution in [3.05, 3.63) is 45.3 Å². The summed E-state index contributed by atoms with van der Waals surface area (Å²) in [6.07, 6.45) is 0. The first kappa shape index (κ1) is 24.0. The lowest BCUT2D eigenvalue weighted by atomic mass is 10.1. The zero-order valence-corrected chi connectivity index (χ0v) is 19.9. The molecule has 1 fully saturated rings. The Bertz CT molecular complexity index is 1000. The van der Waals surface area contributed by atoms with Crippen LogP contribution in [0.4, 0.5) is 10.7 Å². The number of piperazine rings is 1. The molecule has 2 heterocycles. The van der Waals surface area contributed by atoms with Crippen LogP contribution >= 0.6 is 22.9 Å². The van der Waals surface area contributed by atoms with E-state index in [4.69, 9.17) is 16.3 Å². The molecule has 1 aromatic carbocycles. The number of halogens is 1. The summed E-state index contributed by atoms with van der Waals surface area (Å²) in [6, 6.07) is 7.72. The van der Waals surface area contributed by atoms with E-state index in [1.54, 1.807) is 13.8 Å². The van der Waals surface area contributed by atoms with E-state index in [9.17, 15) is 14.4 Å². The topological polar surface area (TPSA) is 91.0 Å². The average Bonchev–Trinajstić information content (AvgIpc) is 3.10. The molecule has 1 aliphatic rings. The Labute approximate surface area is 196 Å². The summed E-state index contributed by atoms with van der Waals surface area (Å²) < 4.78 is 5.13. The number of anilines is 2. The first-order chi connectivity index (χ1) is 15.3. The Kier molecular flexibility index (Phi) is 8.11. The van der Waals surface area contributed by atoms with Crippen LogP contribution in [0.2, 0.25) is 5.02 Å². The predicted molar refractivity (Wildman–Crippen MR) is 127 cm³/mol. The number of thiophene rings is 1. The van der Waals surface area contributed by atoms with E-state index in [2.05, 4.69) is 15.5 Å². The molecule has 3 rings (SSSR count). The largest absolute Gasteiger partial charge is 0.462 e. The minimum atomic E-state index is -0.556. The Balaban J connectivity index is 1.65. The van der Waals surface area contributed by atoms with Crippen LogP contribution in [0, 0.1) is 6.92 Å². The third-order valence-corrected chi connectivity index (χ3v) is 6.77. The van der Waals surface area contributed by atoms with Crippen LogP contribution in [0.1, 0.15) is 32.5 Å². The molecule has 0 unspecified atom stereocenters. The van der Waals surface area contributed by atoms with Crippen molar-refractivity contribution in [1.29, 1.82) is 0 Å². The molecular formula is C22H27ClN4O4S. The van der Waals surface area contributed by atoms with Gasteiger partial charge in [-0.15, -0.1) is 11.3 Å². The zero-order chi connectivity index (χ0) is 23.3. The van der Waals surface area contributed by atoms with Crippen molar-refractivity contribution in [2.45, 2.75) is 13.8 Å². The molecule has 2 aromatic rings. The first-order valence-corrected chi connectivity index (χ1v) is 11.6. The van der Waals surface area contributed by atoms with Crippen LogP contribution in [0.3, 0.4) is 0 Å². The maximum absolute atomic E-state index is 12.7. The van der Waals surface area contributed by atoms with Crippen LogP contribution < -0.4 is 15.5 Å². The second-order valence-corrected chi connectivity index (χ2v) is 8.75. The third-order valence-electron chi connectivity index (χ3n) is 5.25. The highest BCUT2D eigenvalue weighted by Crippen LogP contribution is 2.34. The van der Waals surface area contributed by atoms with Gasteiger partial charge in [-0.05, 0) is 31.5 Å². The third kappa shape index (κ3) is 5.40. The summed E-state index contributed by atoms with van der Waals surface area (Å²) >= 11 is 7.37. The molecule has 2 amide bonds. The van der Waals surface area contributed by atoms with Crippen LogP contribution in [-0.4, -0.2) is 69.1 Å². The summed E-state index contributed by atoms with van der Waals surface area (Å²) in [4.78, 5) is 42.0. The van der Waals surface area contributed by atoms with Gasteiger partial charge in [0, 0.05) is 33.2 Å². The van der Waals surface area contributed by atoms with Gasteiger partial charge in [-0.3, -0.25) is 14.5 Å². The van der Waals surface area contributed by atoms with Gasteiger partial charge in [-0.25, -0.2) is 4.79 Å². The van der Waals surface area contributed by atoms with Gasteiger partial charge in [-0.2, -0.15) is 0 Å². The molecule has 10 heteroatoms. The van der Waals surface area contributed by atoms with Crippen LogP contribution in [-0.2, 0) is 9.53 Å². The van der Waals surface area contributed by atoms with E-state index in [0.29, 0.717) is 33.6 Å². The second kappa shape index (κ2) is 10.8. The number of rotatable bonds is 7. The number of ether oxygens (including phenoxy) is 1. The number of amides is 2. The summed E-state index contributed by atoms with van der Waals surface area (Å²) in [5, 5.41) is 6.42. The molecule has 0 bridgehead atoms. The fraction of sp³-hybridized carbons (Fsp3) is 0.409. The number of nitrogens with one attached hydrogen (secondary N) is 2. The predicted octanol–water partition coefficient (Wildman–Crippen LogP) is 3.01. The van der Waals surface area contributed by atoms with Gasteiger partial charge >= 0.3 is 5.97 Å². The second-order valence-electron chi connectivity index (χ2n) is 7.32. The lowest BCUT2D eigenvalue weighted by Gasteiger charge is -2.36. The summed E-state index contributed by atoms with van der Waals surface area (Å²) in [6.45, 7) is 6.69. The molecule has 0 spiro atoms. The number of esters is 1. The summed E-state index contributed by atoms with van der Waals surface area (Å²) in [5.41, 5.74) is 1.72. The Hall–Kier alpha value is -2.62. The molecule has 8 nitrogen and oxygen atoms in total. The monoisotopic (exact) mass is 478 g/mol. The number of hydrogen-bond acceptors (Lipinski definition) is 7. The van der Waals surface area contributed by atoms with E-state index in [1.807, 2.05) is 29.2 Å². The first-order valence-electron chi connectivity index (χ1n) is 10.4. The standard InChI is InChI=1S/C22H27ClN4O4S/c1-4-31-22(30)18-14(2)19(20(29)24-3)32-21(18)25-17(28)13-26-9-11-27(12-10-26)16-8-6-5-7-15(16)23/h5-8H,4,9-13H2,1-3H3,(H,24,29)(H,25,28). The molecular weight excluding hydrogens is 452 g/mol. The van der Waals surface area contributed by atoms with Gasteiger partial charge in [0.25, 0.3) is 5.91 Å². The molecule has 32 heavy (non-hydrogen) atoms. The van der Waals surface area contributed by atoms with Gasteiger partial charge in [-0.1, -0.05) is 23.7 Å². The number of carbonyl (C=O) groups is 3. The van der Waals surface area contributed by atoms with E-state index in [0.717, 1.165) is 30.1 Å². The Morgan fingerprint density at radius 2 is 1.84 bits per heavy atom. The normalized spacial score (nSPS) is 14.2. The molecule has 0 aliphatic carbocycles. The summed E-state index contributed by atoms with van der Waals surface area (Å²) in [7, 11) is 1.52. The van der Waals surface area contributed by atoms with Crippen molar-refractivity contribution in [2.75, 3.05) is 56.6 Å². The van der Waals surface area contributed by atoms with E-state index < -0.39 is 5.97 Å². The highest BCUT2D eigenvalue weighted by Gasteiger charge is 2.27. The maximum atomic E-state index is 12.7. The smallest absolute Gasteiger partial charge is 0.341 e. The van der Waals surface area contributed by atoms with Gasteiger partial charge in [0.1, 0.15) is 5.00 Å². The molecule has 1 saturated heterocycles. The van der Waals surface area contributed by atoms with E-state index in [1.165, 1.54) is 7.05 Å². The number of carbonyl (C=O) groups excluding carboxylic acids is 3.